The number of sulfonamides is 1. The van der Waals surface area contributed by atoms with Gasteiger partial charge in [-0.15, -0.1) is 0 Å². The van der Waals surface area contributed by atoms with Crippen molar-refractivity contribution in [3.63, 3.8) is 0 Å². The number of primary sulfonamides is 1. The molecule has 1 amide bonds. The number of esters is 1. The molecule has 2 N–H and O–H groups in total. The van der Waals surface area contributed by atoms with Crippen LogP contribution in [0.1, 0.15) is 26.2 Å². The van der Waals surface area contributed by atoms with E-state index in [1.54, 1.807) is 17.6 Å². The van der Waals surface area contributed by atoms with E-state index >= 15 is 0 Å². The summed E-state index contributed by atoms with van der Waals surface area (Å²) >= 11 is 1.20. The van der Waals surface area contributed by atoms with Crippen molar-refractivity contribution in [3.05, 3.63) is 23.0 Å². The monoisotopic (exact) mass is 397 g/mol. The van der Waals surface area contributed by atoms with E-state index in [1.807, 2.05) is 0 Å². The molecule has 10 heteroatoms. The quantitative estimate of drug-likeness (QED) is 0.733. The highest BCUT2D eigenvalue weighted by atomic mass is 32.2. The second-order valence-corrected chi connectivity index (χ2v) is 8.56. The molecule has 1 aliphatic carbocycles. The lowest BCUT2D eigenvalue weighted by atomic mass is 10.3. The number of fused-ring (bicyclic) bond motifs is 1. The Morgan fingerprint density at radius 3 is 2.73 bits per heavy atom. The molecular weight excluding hydrogens is 378 g/mol. The summed E-state index contributed by atoms with van der Waals surface area (Å²) in [6.07, 6.45) is 1.80. The van der Waals surface area contributed by atoms with Gasteiger partial charge in [0.1, 0.15) is 0 Å². The van der Waals surface area contributed by atoms with Gasteiger partial charge in [0.25, 0.3) is 5.91 Å². The molecule has 1 fully saturated rings. The molecule has 8 nitrogen and oxygen atoms in total. The number of ether oxygens (including phenoxy) is 1. The van der Waals surface area contributed by atoms with Crippen LogP contribution in [0.5, 0.6) is 0 Å². The third kappa shape index (κ3) is 4.19. The Morgan fingerprint density at radius 1 is 1.38 bits per heavy atom. The summed E-state index contributed by atoms with van der Waals surface area (Å²) in [5, 5.41) is 5.18. The maximum absolute atomic E-state index is 12.1. The number of amides is 1. The number of hydrogen-bond acceptors (Lipinski definition) is 6. The van der Waals surface area contributed by atoms with Crippen LogP contribution in [0.3, 0.4) is 0 Å². The first-order valence-electron chi connectivity index (χ1n) is 8.20. The fraction of sp³-hybridized carbons (Fsp3) is 0.438. The Hall–Kier alpha value is -2.04. The molecule has 0 radical (unpaired) electrons. The molecule has 1 saturated carbocycles. The molecule has 0 atom stereocenters. The van der Waals surface area contributed by atoms with Crippen LogP contribution >= 0.6 is 11.3 Å². The number of rotatable bonds is 6. The zero-order valence-electron chi connectivity index (χ0n) is 14.2. The van der Waals surface area contributed by atoms with Crippen LogP contribution < -0.4 is 9.94 Å². The first kappa shape index (κ1) is 18.7. The topological polar surface area (TPSA) is 121 Å². The molecule has 140 valence electrons. The second kappa shape index (κ2) is 7.29. The molecule has 3 rings (SSSR count). The third-order valence-electron chi connectivity index (χ3n) is 3.96. The van der Waals surface area contributed by atoms with Gasteiger partial charge in [-0.1, -0.05) is 11.3 Å². The summed E-state index contributed by atoms with van der Waals surface area (Å²) in [4.78, 5) is 28.4. The Kier molecular flexibility index (Phi) is 5.26. The lowest BCUT2D eigenvalue weighted by Gasteiger charge is -2.06. The lowest BCUT2D eigenvalue weighted by molar-refractivity contribution is -0.143. The van der Waals surface area contributed by atoms with E-state index in [0.717, 1.165) is 12.8 Å². The summed E-state index contributed by atoms with van der Waals surface area (Å²) in [6.45, 7) is 2.31. The van der Waals surface area contributed by atoms with Crippen LogP contribution in [0.15, 0.2) is 28.1 Å². The van der Waals surface area contributed by atoms with Gasteiger partial charge in [0, 0.05) is 12.5 Å². The van der Waals surface area contributed by atoms with Crippen molar-refractivity contribution in [2.45, 2.75) is 37.6 Å². The van der Waals surface area contributed by atoms with E-state index in [-0.39, 0.29) is 35.7 Å². The van der Waals surface area contributed by atoms with Crippen molar-refractivity contribution in [2.75, 3.05) is 6.61 Å². The highest BCUT2D eigenvalue weighted by molar-refractivity contribution is 7.89. The number of hydrogen-bond donors (Lipinski definition) is 1. The van der Waals surface area contributed by atoms with Crippen molar-refractivity contribution >= 4 is 43.5 Å². The van der Waals surface area contributed by atoms with E-state index < -0.39 is 10.0 Å². The van der Waals surface area contributed by atoms with Crippen LogP contribution in [-0.4, -0.2) is 31.5 Å². The van der Waals surface area contributed by atoms with Crippen molar-refractivity contribution < 1.29 is 22.7 Å². The molecule has 2 aromatic rings. The summed E-state index contributed by atoms with van der Waals surface area (Å²) in [5.74, 6) is -0.563. The van der Waals surface area contributed by atoms with E-state index in [9.17, 15) is 18.0 Å². The molecule has 1 aromatic heterocycles. The molecule has 0 spiro atoms. The van der Waals surface area contributed by atoms with Gasteiger partial charge < -0.3 is 9.30 Å². The van der Waals surface area contributed by atoms with Gasteiger partial charge in [-0.25, -0.2) is 13.6 Å². The molecule has 0 bridgehead atoms. The predicted octanol–water partition coefficient (Wildman–Crippen LogP) is 1.14. The largest absolute Gasteiger partial charge is 0.466 e. The zero-order valence-corrected chi connectivity index (χ0v) is 15.8. The standard InChI is InChI=1S/C16H19N3O5S2/c1-2-24-14(20)7-8-19-12-6-5-11(26(17,22)23)9-13(12)25-16(19)18-15(21)10-3-4-10/h5-6,9-10H,2-4,7-8H2,1H3,(H2,17,22,23). The molecular formula is C16H19N3O5S2. The first-order valence-corrected chi connectivity index (χ1v) is 10.6. The SMILES string of the molecule is CCOC(=O)CCn1c(=NC(=O)C2CC2)sc2cc(S(N)(=O)=O)ccc21. The van der Waals surface area contributed by atoms with Crippen molar-refractivity contribution in [1.82, 2.24) is 4.57 Å². The summed E-state index contributed by atoms with van der Waals surface area (Å²) in [7, 11) is -3.83. The van der Waals surface area contributed by atoms with Gasteiger partial charge in [-0.3, -0.25) is 9.59 Å². The molecule has 26 heavy (non-hydrogen) atoms. The summed E-state index contributed by atoms with van der Waals surface area (Å²) in [6, 6.07) is 4.46. The highest BCUT2D eigenvalue weighted by Gasteiger charge is 2.29. The van der Waals surface area contributed by atoms with Crippen LogP contribution in [-0.2, 0) is 30.9 Å². The Bertz CT molecular complexity index is 1030. The number of carbonyl (C=O) groups excluding carboxylic acids is 2. The van der Waals surface area contributed by atoms with Gasteiger partial charge in [-0.05, 0) is 38.0 Å². The smallest absolute Gasteiger partial charge is 0.307 e. The molecule has 1 aliphatic rings. The zero-order chi connectivity index (χ0) is 18.9. The highest BCUT2D eigenvalue weighted by Crippen LogP contribution is 2.30. The van der Waals surface area contributed by atoms with Gasteiger partial charge >= 0.3 is 5.97 Å². The second-order valence-electron chi connectivity index (χ2n) is 5.99. The number of thiazole rings is 1. The van der Waals surface area contributed by atoms with Crippen LogP contribution in [0.4, 0.5) is 0 Å². The fourth-order valence-electron chi connectivity index (χ4n) is 2.48. The predicted molar refractivity (Wildman–Crippen MR) is 95.7 cm³/mol. The molecule has 1 aromatic carbocycles. The number of carbonyl (C=O) groups is 2. The molecule has 0 unspecified atom stereocenters. The van der Waals surface area contributed by atoms with E-state index in [1.165, 1.54) is 23.5 Å². The van der Waals surface area contributed by atoms with Crippen LogP contribution in [0.2, 0.25) is 0 Å². The van der Waals surface area contributed by atoms with E-state index in [4.69, 9.17) is 9.88 Å². The minimum absolute atomic E-state index is 0.0103. The average Bonchev–Trinajstić information content (AvgIpc) is 3.35. The Morgan fingerprint density at radius 2 is 2.12 bits per heavy atom. The number of nitrogens with zero attached hydrogens (tertiary/aromatic N) is 2. The normalized spacial score (nSPS) is 15.4. The third-order valence-corrected chi connectivity index (χ3v) is 5.91. The minimum atomic E-state index is -3.83. The van der Waals surface area contributed by atoms with Crippen LogP contribution in [0.25, 0.3) is 10.2 Å². The number of benzene rings is 1. The molecule has 0 aliphatic heterocycles. The van der Waals surface area contributed by atoms with E-state index in [0.29, 0.717) is 21.6 Å². The van der Waals surface area contributed by atoms with Crippen molar-refractivity contribution in [3.8, 4) is 0 Å². The van der Waals surface area contributed by atoms with Gasteiger partial charge in [0.05, 0.1) is 28.1 Å². The number of nitrogens with two attached hydrogens (primary N) is 1. The maximum atomic E-state index is 12.1. The van der Waals surface area contributed by atoms with E-state index in [2.05, 4.69) is 4.99 Å². The van der Waals surface area contributed by atoms with Gasteiger partial charge in [0.15, 0.2) is 4.80 Å². The van der Waals surface area contributed by atoms with Crippen LogP contribution in [0, 0.1) is 5.92 Å². The van der Waals surface area contributed by atoms with Crippen molar-refractivity contribution in [1.29, 1.82) is 0 Å². The van der Waals surface area contributed by atoms with Gasteiger partial charge in [-0.2, -0.15) is 4.99 Å². The average molecular weight is 397 g/mol. The first-order chi connectivity index (χ1) is 12.3. The lowest BCUT2D eigenvalue weighted by Crippen LogP contribution is -2.20. The number of aromatic nitrogens is 1. The Balaban J connectivity index is 2.05. The molecule has 1 heterocycles. The van der Waals surface area contributed by atoms with Crippen molar-refractivity contribution in [2.24, 2.45) is 16.0 Å². The Labute approximate surface area is 154 Å². The number of aryl methyl sites for hydroxylation is 1. The van der Waals surface area contributed by atoms with Gasteiger partial charge in [0.2, 0.25) is 10.0 Å². The maximum Gasteiger partial charge on any atom is 0.307 e. The molecule has 0 saturated heterocycles. The summed E-state index contributed by atoms with van der Waals surface area (Å²) < 4.78 is 30.4. The summed E-state index contributed by atoms with van der Waals surface area (Å²) in [5.41, 5.74) is 0.689. The fourth-order valence-corrected chi connectivity index (χ4v) is 4.20. The minimum Gasteiger partial charge on any atom is -0.466 e.